The van der Waals surface area contributed by atoms with Gasteiger partial charge in [-0.05, 0) is 30.7 Å². The van der Waals surface area contributed by atoms with E-state index >= 15 is 0 Å². The highest BCUT2D eigenvalue weighted by Crippen LogP contribution is 2.35. The Morgan fingerprint density at radius 1 is 1.25 bits per heavy atom. The number of oxime groups is 1. The van der Waals surface area contributed by atoms with Gasteiger partial charge >= 0.3 is 10.1 Å². The first-order valence-electron chi connectivity index (χ1n) is 7.00. The quantitative estimate of drug-likeness (QED) is 0.274. The molecule has 1 N–H and O–H groups in total. The first-order chi connectivity index (χ1) is 11.5. The summed E-state index contributed by atoms with van der Waals surface area (Å²) in [6.07, 6.45) is 3.17. The van der Waals surface area contributed by atoms with Crippen LogP contribution in [0.25, 0.3) is 0 Å². The summed E-state index contributed by atoms with van der Waals surface area (Å²) in [5.74, 6) is 0.292. The van der Waals surface area contributed by atoms with Gasteiger partial charge in [0.1, 0.15) is 4.90 Å². The second kappa shape index (κ2) is 7.65. The van der Waals surface area contributed by atoms with Gasteiger partial charge in [-0.3, -0.25) is 0 Å². The number of hydrogen-bond donors (Lipinski definition) is 1. The first-order valence-corrected chi connectivity index (χ1v) is 8.41. The molecule has 0 fully saturated rings. The van der Waals surface area contributed by atoms with Crippen molar-refractivity contribution in [3.05, 3.63) is 66.2 Å². The van der Waals surface area contributed by atoms with Gasteiger partial charge in [-0.1, -0.05) is 29.4 Å². The zero-order valence-corrected chi connectivity index (χ0v) is 13.9. The minimum Gasteiger partial charge on any atom is -0.493 e. The van der Waals surface area contributed by atoms with Gasteiger partial charge < -0.3 is 14.1 Å². The van der Waals surface area contributed by atoms with Gasteiger partial charge in [0.25, 0.3) is 0 Å². The Labute approximate surface area is 140 Å². The van der Waals surface area contributed by atoms with Crippen LogP contribution in [0.5, 0.6) is 11.5 Å². The van der Waals surface area contributed by atoms with Crippen LogP contribution >= 0.6 is 0 Å². The monoisotopic (exact) mass is 347 g/mol. The summed E-state index contributed by atoms with van der Waals surface area (Å²) in [6, 6.07) is 11.0. The summed E-state index contributed by atoms with van der Waals surface area (Å²) in [5, 5.41) is 11.7. The topological polar surface area (TPSA) is 85.2 Å². The lowest BCUT2D eigenvalue weighted by molar-refractivity contribution is 0.322. The Kier molecular flexibility index (Phi) is 5.59. The van der Waals surface area contributed by atoms with E-state index in [1.807, 2.05) is 0 Å². The molecule has 7 heteroatoms. The lowest BCUT2D eigenvalue weighted by Crippen LogP contribution is -2.12. The first kappa shape index (κ1) is 17.6. The van der Waals surface area contributed by atoms with E-state index in [0.717, 1.165) is 0 Å². The highest BCUT2D eigenvalue weighted by molar-refractivity contribution is 7.87. The van der Waals surface area contributed by atoms with E-state index in [2.05, 4.69) is 11.7 Å². The third kappa shape index (κ3) is 3.94. The van der Waals surface area contributed by atoms with E-state index in [4.69, 9.17) is 14.1 Å². The Balaban J connectivity index is 2.54. The summed E-state index contributed by atoms with van der Waals surface area (Å²) in [5.41, 5.74) is 1.08. The minimum atomic E-state index is -4.01. The molecule has 0 aliphatic heterocycles. The van der Waals surface area contributed by atoms with Crippen molar-refractivity contribution in [2.45, 2.75) is 11.3 Å². The Hall–Kier alpha value is -2.80. The molecule has 2 rings (SSSR count). The van der Waals surface area contributed by atoms with Gasteiger partial charge in [-0.15, -0.1) is 6.58 Å². The molecule has 0 aliphatic rings. The third-order valence-electron chi connectivity index (χ3n) is 3.17. The van der Waals surface area contributed by atoms with E-state index < -0.39 is 10.1 Å². The molecule has 0 saturated heterocycles. The molecule has 0 amide bonds. The van der Waals surface area contributed by atoms with Gasteiger partial charge in [0, 0.05) is 11.1 Å². The zero-order chi connectivity index (χ0) is 17.6. The van der Waals surface area contributed by atoms with Gasteiger partial charge in [-0.2, -0.15) is 8.42 Å². The number of nitrogens with zero attached hydrogens (tertiary/aromatic N) is 1. The number of methoxy groups -OCH3 is 1. The largest absolute Gasteiger partial charge is 0.493 e. The molecule has 0 heterocycles. The predicted octanol–water partition coefficient (Wildman–Crippen LogP) is 3.00. The van der Waals surface area contributed by atoms with Crippen LogP contribution in [0, 0.1) is 0 Å². The molecule has 0 unspecified atom stereocenters. The van der Waals surface area contributed by atoms with Crippen LogP contribution in [0.3, 0.4) is 0 Å². The molecule has 6 nitrogen and oxygen atoms in total. The molecule has 0 bridgehead atoms. The summed E-state index contributed by atoms with van der Waals surface area (Å²) in [4.78, 5) is 0.0394. The number of benzene rings is 2. The van der Waals surface area contributed by atoms with Crippen LogP contribution in [0.15, 0.2) is 65.2 Å². The van der Waals surface area contributed by atoms with Crippen molar-refractivity contribution in [3.8, 4) is 11.5 Å². The molecule has 2 aromatic rings. The Bertz CT molecular complexity index is 845. The summed E-state index contributed by atoms with van der Waals surface area (Å²) in [7, 11) is -2.61. The van der Waals surface area contributed by atoms with Crippen molar-refractivity contribution in [3.63, 3.8) is 0 Å². The second-order valence-corrected chi connectivity index (χ2v) is 6.35. The maximum absolute atomic E-state index is 12.5. The second-order valence-electron chi connectivity index (χ2n) is 4.80. The molecule has 0 saturated carbocycles. The molecule has 0 atom stereocenters. The van der Waals surface area contributed by atoms with Crippen molar-refractivity contribution in [1.82, 2.24) is 0 Å². The lowest BCUT2D eigenvalue weighted by atomic mass is 10.1. The van der Waals surface area contributed by atoms with Crippen molar-refractivity contribution in [2.75, 3.05) is 7.11 Å². The number of rotatable bonds is 7. The summed E-state index contributed by atoms with van der Waals surface area (Å²) >= 11 is 0. The van der Waals surface area contributed by atoms with Crippen molar-refractivity contribution < 1.29 is 22.5 Å². The van der Waals surface area contributed by atoms with Gasteiger partial charge in [0.05, 0.1) is 13.3 Å². The van der Waals surface area contributed by atoms with Crippen molar-refractivity contribution in [1.29, 1.82) is 0 Å². The molecule has 0 aromatic heterocycles. The van der Waals surface area contributed by atoms with Gasteiger partial charge in [-0.25, -0.2) is 0 Å². The van der Waals surface area contributed by atoms with E-state index in [1.54, 1.807) is 30.3 Å². The highest BCUT2D eigenvalue weighted by atomic mass is 32.2. The molecule has 24 heavy (non-hydrogen) atoms. The molecule has 0 radical (unpaired) electrons. The maximum atomic E-state index is 12.5. The van der Waals surface area contributed by atoms with E-state index in [1.165, 1.54) is 31.5 Å². The fourth-order valence-corrected chi connectivity index (χ4v) is 3.12. The van der Waals surface area contributed by atoms with Crippen LogP contribution in [-0.2, 0) is 16.5 Å². The minimum absolute atomic E-state index is 0.0394. The van der Waals surface area contributed by atoms with Crippen molar-refractivity contribution >= 4 is 16.3 Å². The Morgan fingerprint density at radius 3 is 2.54 bits per heavy atom. The normalized spacial score (nSPS) is 11.4. The smallest absolute Gasteiger partial charge is 0.339 e. The zero-order valence-electron chi connectivity index (χ0n) is 13.0. The summed E-state index contributed by atoms with van der Waals surface area (Å²) in [6.45, 7) is 3.65. The molecular weight excluding hydrogens is 330 g/mol. The molecule has 0 spiro atoms. The van der Waals surface area contributed by atoms with Crippen LogP contribution in [0.2, 0.25) is 0 Å². The number of hydrogen-bond acceptors (Lipinski definition) is 6. The van der Waals surface area contributed by atoms with Gasteiger partial charge in [0.15, 0.2) is 11.5 Å². The molecule has 0 aliphatic carbocycles. The fourth-order valence-electron chi connectivity index (χ4n) is 2.12. The van der Waals surface area contributed by atoms with Crippen LogP contribution in [-0.4, -0.2) is 26.9 Å². The highest BCUT2D eigenvalue weighted by Gasteiger charge is 2.22. The predicted molar refractivity (Wildman–Crippen MR) is 90.5 cm³/mol. The average molecular weight is 347 g/mol. The van der Waals surface area contributed by atoms with E-state index in [-0.39, 0.29) is 16.4 Å². The van der Waals surface area contributed by atoms with Crippen molar-refractivity contribution in [2.24, 2.45) is 5.16 Å². The fraction of sp³-hybridized carbons (Fsp3) is 0.118. The number of ether oxygens (including phenoxy) is 1. The SMILES string of the molecule is C=CCc1cc(/C=N\O)cc(OC)c1OS(=O)(=O)c1ccccc1. The van der Waals surface area contributed by atoms with E-state index in [9.17, 15) is 8.42 Å². The molecule has 126 valence electrons. The third-order valence-corrected chi connectivity index (χ3v) is 4.41. The van der Waals surface area contributed by atoms with Crippen LogP contribution < -0.4 is 8.92 Å². The molecule has 2 aromatic carbocycles. The number of allylic oxidation sites excluding steroid dienone is 1. The maximum Gasteiger partial charge on any atom is 0.339 e. The van der Waals surface area contributed by atoms with Crippen LogP contribution in [0.1, 0.15) is 11.1 Å². The summed E-state index contributed by atoms with van der Waals surface area (Å²) < 4.78 is 35.5. The van der Waals surface area contributed by atoms with E-state index in [0.29, 0.717) is 17.5 Å². The van der Waals surface area contributed by atoms with Gasteiger partial charge in [0.2, 0.25) is 0 Å². The Morgan fingerprint density at radius 2 is 1.96 bits per heavy atom. The lowest BCUT2D eigenvalue weighted by Gasteiger charge is -2.15. The van der Waals surface area contributed by atoms with Crippen LogP contribution in [0.4, 0.5) is 0 Å². The average Bonchev–Trinajstić information content (AvgIpc) is 2.58. The standard InChI is InChI=1S/C17H17NO5S/c1-3-7-14-10-13(12-18-19)11-16(22-2)17(14)23-24(20,21)15-8-5-4-6-9-15/h3-6,8-12,19H,1,7H2,2H3/b18-12-. The molecular formula is C17H17NO5S.